The lowest BCUT2D eigenvalue weighted by Gasteiger charge is -2.16. The largest absolute Gasteiger partial charge is 0.309 e. The smallest absolute Gasteiger partial charge is 0.0208 e. The maximum absolute atomic E-state index is 3.61. The van der Waals surface area contributed by atoms with Crippen LogP contribution in [0.3, 0.4) is 0 Å². The number of nitrogens with one attached hydrogen (secondary N) is 1. The van der Waals surface area contributed by atoms with Gasteiger partial charge < -0.3 is 5.32 Å². The molecule has 0 aliphatic carbocycles. The van der Waals surface area contributed by atoms with Gasteiger partial charge in [0.15, 0.2) is 0 Å². The van der Waals surface area contributed by atoms with E-state index >= 15 is 0 Å². The van der Waals surface area contributed by atoms with E-state index in [1.54, 1.807) is 0 Å². The molecule has 0 aliphatic rings. The second-order valence-electron chi connectivity index (χ2n) is 4.84. The van der Waals surface area contributed by atoms with E-state index in [9.17, 15) is 0 Å². The zero-order valence-electron chi connectivity index (χ0n) is 11.5. The van der Waals surface area contributed by atoms with E-state index < -0.39 is 0 Å². The average Bonchev–Trinajstić information content (AvgIpc) is 2.35. The molecule has 1 unspecified atom stereocenters. The molecule has 96 valence electrons. The minimum Gasteiger partial charge on any atom is -0.309 e. The van der Waals surface area contributed by atoms with Gasteiger partial charge in [0.1, 0.15) is 0 Å². The molecule has 1 N–H and O–H groups in total. The highest BCUT2D eigenvalue weighted by Gasteiger charge is 2.04. The molecule has 1 nitrogen and oxygen atoms in total. The van der Waals surface area contributed by atoms with Gasteiger partial charge in [0.2, 0.25) is 0 Å². The molecule has 2 heteroatoms. The van der Waals surface area contributed by atoms with Crippen molar-refractivity contribution in [2.75, 3.05) is 12.0 Å². The summed E-state index contributed by atoms with van der Waals surface area (Å²) in [5, 5.41) is 3.61. The van der Waals surface area contributed by atoms with Crippen molar-refractivity contribution in [2.24, 2.45) is 0 Å². The van der Waals surface area contributed by atoms with Crippen molar-refractivity contribution >= 4 is 11.8 Å². The highest BCUT2D eigenvalue weighted by molar-refractivity contribution is 7.98. The summed E-state index contributed by atoms with van der Waals surface area (Å²) in [5.41, 5.74) is 2.80. The summed E-state index contributed by atoms with van der Waals surface area (Å²) >= 11 is 1.91. The molecule has 0 aromatic heterocycles. The van der Waals surface area contributed by atoms with Crippen molar-refractivity contribution in [1.82, 2.24) is 5.32 Å². The molecule has 0 spiro atoms. The fourth-order valence-corrected chi connectivity index (χ4v) is 2.56. The Morgan fingerprint density at radius 3 is 2.29 bits per heavy atom. The van der Waals surface area contributed by atoms with Crippen LogP contribution in [-0.4, -0.2) is 18.1 Å². The molecule has 17 heavy (non-hydrogen) atoms. The summed E-state index contributed by atoms with van der Waals surface area (Å²) in [5.74, 6) is 1.82. The summed E-state index contributed by atoms with van der Waals surface area (Å²) in [6.45, 7) is 7.70. The van der Waals surface area contributed by atoms with Gasteiger partial charge >= 0.3 is 0 Å². The Bertz CT molecular complexity index is 305. The second-order valence-corrected chi connectivity index (χ2v) is 5.75. The van der Waals surface area contributed by atoms with E-state index in [4.69, 9.17) is 0 Å². The average molecular weight is 251 g/mol. The van der Waals surface area contributed by atoms with Gasteiger partial charge in [0.05, 0.1) is 0 Å². The normalized spacial score (nSPS) is 13.0. The number of rotatable bonds is 7. The molecule has 1 rings (SSSR count). The number of hydrogen-bond donors (Lipinski definition) is 1. The monoisotopic (exact) mass is 251 g/mol. The Balaban J connectivity index is 2.46. The van der Waals surface area contributed by atoms with Crippen LogP contribution in [0.25, 0.3) is 0 Å². The van der Waals surface area contributed by atoms with E-state index in [0.29, 0.717) is 12.0 Å². The molecule has 0 saturated heterocycles. The molecule has 0 saturated carbocycles. The van der Waals surface area contributed by atoms with Crippen LogP contribution in [0.5, 0.6) is 0 Å². The van der Waals surface area contributed by atoms with Gasteiger partial charge in [-0.25, -0.2) is 0 Å². The van der Waals surface area contributed by atoms with Gasteiger partial charge in [0, 0.05) is 18.3 Å². The van der Waals surface area contributed by atoms with Crippen molar-refractivity contribution in [3.05, 3.63) is 35.4 Å². The molecular weight excluding hydrogens is 226 g/mol. The fraction of sp³-hybridized carbons (Fsp3) is 0.600. The third kappa shape index (κ3) is 5.13. The Morgan fingerprint density at radius 2 is 1.82 bits per heavy atom. The van der Waals surface area contributed by atoms with Gasteiger partial charge in [-0.15, -0.1) is 0 Å². The van der Waals surface area contributed by atoms with Gasteiger partial charge in [-0.1, -0.05) is 45.0 Å². The first kappa shape index (κ1) is 14.6. The highest BCUT2D eigenvalue weighted by atomic mass is 32.2. The second kappa shape index (κ2) is 7.78. The van der Waals surface area contributed by atoms with E-state index in [1.165, 1.54) is 23.3 Å². The minimum absolute atomic E-state index is 0.622. The van der Waals surface area contributed by atoms with Gasteiger partial charge in [-0.3, -0.25) is 0 Å². The number of hydrogen-bond acceptors (Lipinski definition) is 2. The van der Waals surface area contributed by atoms with Crippen molar-refractivity contribution in [2.45, 2.75) is 45.7 Å². The first-order chi connectivity index (χ1) is 8.17. The van der Waals surface area contributed by atoms with Gasteiger partial charge in [-0.2, -0.15) is 11.8 Å². The third-order valence-corrected chi connectivity index (χ3v) is 3.84. The van der Waals surface area contributed by atoms with Crippen LogP contribution in [0.1, 0.15) is 44.2 Å². The van der Waals surface area contributed by atoms with Crippen LogP contribution >= 0.6 is 11.8 Å². The lowest BCUT2D eigenvalue weighted by molar-refractivity contribution is 0.541. The van der Waals surface area contributed by atoms with Gasteiger partial charge in [-0.05, 0) is 29.7 Å². The quantitative estimate of drug-likeness (QED) is 0.785. The molecule has 0 radical (unpaired) electrons. The van der Waals surface area contributed by atoms with Crippen molar-refractivity contribution in [3.63, 3.8) is 0 Å². The summed E-state index contributed by atoms with van der Waals surface area (Å²) in [4.78, 5) is 0. The van der Waals surface area contributed by atoms with Crippen molar-refractivity contribution < 1.29 is 0 Å². The third-order valence-electron chi connectivity index (χ3n) is 3.10. The predicted octanol–water partition coefficient (Wildman–Crippen LogP) is 4.04. The Labute approximate surface area is 110 Å². The first-order valence-electron chi connectivity index (χ1n) is 6.48. The lowest BCUT2D eigenvalue weighted by Crippen LogP contribution is -2.30. The van der Waals surface area contributed by atoms with E-state index in [0.717, 1.165) is 6.54 Å². The molecule has 0 fully saturated rings. The molecule has 0 amide bonds. The van der Waals surface area contributed by atoms with Crippen LogP contribution in [0.15, 0.2) is 24.3 Å². The maximum atomic E-state index is 3.61. The molecule has 0 heterocycles. The first-order valence-corrected chi connectivity index (χ1v) is 7.87. The Kier molecular flexibility index (Phi) is 6.68. The predicted molar refractivity (Wildman–Crippen MR) is 79.8 cm³/mol. The number of benzene rings is 1. The van der Waals surface area contributed by atoms with Crippen molar-refractivity contribution in [3.8, 4) is 0 Å². The molecule has 1 aromatic rings. The summed E-state index contributed by atoms with van der Waals surface area (Å²) in [7, 11) is 0. The molecular formula is C15H25NS. The summed E-state index contributed by atoms with van der Waals surface area (Å²) in [6, 6.07) is 9.62. The SMILES string of the molecule is CCC(CSC)NCc1ccc(C(C)C)cc1. The standard InChI is InChI=1S/C15H25NS/c1-5-15(11-17-4)16-10-13-6-8-14(9-7-13)12(2)3/h6-9,12,15-16H,5,10-11H2,1-4H3. The van der Waals surface area contributed by atoms with E-state index in [1.807, 2.05) is 11.8 Å². The molecule has 0 bridgehead atoms. The zero-order chi connectivity index (χ0) is 12.7. The number of thioether (sulfide) groups is 1. The molecule has 1 atom stereocenters. The topological polar surface area (TPSA) is 12.0 Å². The lowest BCUT2D eigenvalue weighted by atomic mass is 10.0. The summed E-state index contributed by atoms with van der Waals surface area (Å²) < 4.78 is 0. The van der Waals surface area contributed by atoms with Crippen LogP contribution in [0.4, 0.5) is 0 Å². The van der Waals surface area contributed by atoms with E-state index in [2.05, 4.69) is 56.6 Å². The van der Waals surface area contributed by atoms with Crippen LogP contribution in [-0.2, 0) is 6.54 Å². The summed E-state index contributed by atoms with van der Waals surface area (Å²) in [6.07, 6.45) is 3.37. The molecule has 1 aromatic carbocycles. The Hall–Kier alpha value is -0.470. The Morgan fingerprint density at radius 1 is 1.18 bits per heavy atom. The van der Waals surface area contributed by atoms with E-state index in [-0.39, 0.29) is 0 Å². The zero-order valence-corrected chi connectivity index (χ0v) is 12.3. The van der Waals surface area contributed by atoms with Gasteiger partial charge in [0.25, 0.3) is 0 Å². The highest BCUT2D eigenvalue weighted by Crippen LogP contribution is 2.14. The molecule has 0 aliphatic heterocycles. The van der Waals surface area contributed by atoms with Crippen molar-refractivity contribution in [1.29, 1.82) is 0 Å². The minimum atomic E-state index is 0.622. The van der Waals surface area contributed by atoms with Crippen LogP contribution in [0.2, 0.25) is 0 Å². The fourth-order valence-electron chi connectivity index (χ4n) is 1.80. The van der Waals surface area contributed by atoms with Crippen LogP contribution in [0, 0.1) is 0 Å². The maximum Gasteiger partial charge on any atom is 0.0208 e. The van der Waals surface area contributed by atoms with Crippen LogP contribution < -0.4 is 5.32 Å².